The van der Waals surface area contributed by atoms with Gasteiger partial charge in [-0.05, 0) is 53.3 Å². The molecule has 0 bridgehead atoms. The first-order chi connectivity index (χ1) is 15.5. The zero-order valence-corrected chi connectivity index (χ0v) is 19.5. The van der Waals surface area contributed by atoms with Crippen LogP contribution in [0.3, 0.4) is 0 Å². The number of halogens is 3. The summed E-state index contributed by atoms with van der Waals surface area (Å²) in [5.41, 5.74) is -0.326. The predicted molar refractivity (Wildman–Crippen MR) is 120 cm³/mol. The quantitative estimate of drug-likeness (QED) is 0.367. The van der Waals surface area contributed by atoms with E-state index < -0.39 is 26.8 Å². The highest BCUT2D eigenvalue weighted by atomic mass is 32.2. The molecule has 3 rings (SSSR count). The van der Waals surface area contributed by atoms with Gasteiger partial charge in [-0.1, -0.05) is 38.1 Å². The van der Waals surface area contributed by atoms with E-state index in [2.05, 4.69) is 0 Å². The Bertz CT molecular complexity index is 1190. The normalized spacial score (nSPS) is 12.1. The molecular formula is C23H22F3NO4S2. The number of thiophene rings is 1. The Hall–Kier alpha value is -2.85. The van der Waals surface area contributed by atoms with Crippen molar-refractivity contribution in [2.75, 3.05) is 6.54 Å². The summed E-state index contributed by atoms with van der Waals surface area (Å²) < 4.78 is 68.6. The highest BCUT2D eigenvalue weighted by Crippen LogP contribution is 2.31. The SMILES string of the molecule is CC(C)CN(Cc1ccc(OS(=O)(=O)c2cccc(C(F)(F)F)c2)cc1)C(=O)c1cccs1. The minimum absolute atomic E-state index is 0.0452. The van der Waals surface area contributed by atoms with Crippen LogP contribution < -0.4 is 4.18 Å². The average Bonchev–Trinajstić information content (AvgIpc) is 3.28. The molecule has 1 aromatic heterocycles. The van der Waals surface area contributed by atoms with Gasteiger partial charge < -0.3 is 9.08 Å². The number of nitrogens with zero attached hydrogens (tertiary/aromatic N) is 1. The van der Waals surface area contributed by atoms with Crippen LogP contribution >= 0.6 is 11.3 Å². The largest absolute Gasteiger partial charge is 0.416 e. The molecule has 2 aromatic carbocycles. The van der Waals surface area contributed by atoms with E-state index in [9.17, 15) is 26.4 Å². The fourth-order valence-corrected chi connectivity index (χ4v) is 4.76. The summed E-state index contributed by atoms with van der Waals surface area (Å²) in [6.07, 6.45) is -4.67. The van der Waals surface area contributed by atoms with E-state index >= 15 is 0 Å². The average molecular weight is 498 g/mol. The molecule has 5 nitrogen and oxygen atoms in total. The van der Waals surface area contributed by atoms with Crippen molar-refractivity contribution in [1.82, 2.24) is 4.90 Å². The van der Waals surface area contributed by atoms with Crippen molar-refractivity contribution in [3.8, 4) is 5.75 Å². The Morgan fingerprint density at radius 3 is 2.33 bits per heavy atom. The van der Waals surface area contributed by atoms with Crippen molar-refractivity contribution in [3.05, 3.63) is 82.0 Å². The van der Waals surface area contributed by atoms with Gasteiger partial charge in [-0.2, -0.15) is 21.6 Å². The summed E-state index contributed by atoms with van der Waals surface area (Å²) in [6, 6.07) is 13.0. The van der Waals surface area contributed by atoms with E-state index in [0.717, 1.165) is 23.8 Å². The van der Waals surface area contributed by atoms with Gasteiger partial charge in [-0.15, -0.1) is 11.3 Å². The van der Waals surface area contributed by atoms with Crippen LogP contribution in [0.4, 0.5) is 13.2 Å². The highest BCUT2D eigenvalue weighted by Gasteiger charge is 2.32. The van der Waals surface area contributed by atoms with Crippen LogP contribution in [0, 0.1) is 5.92 Å². The van der Waals surface area contributed by atoms with Gasteiger partial charge in [0, 0.05) is 13.1 Å². The fourth-order valence-electron chi connectivity index (χ4n) is 3.09. The minimum atomic E-state index is -4.67. The summed E-state index contributed by atoms with van der Waals surface area (Å²) in [5, 5.41) is 1.83. The van der Waals surface area contributed by atoms with Crippen molar-refractivity contribution >= 4 is 27.4 Å². The molecule has 0 atom stereocenters. The van der Waals surface area contributed by atoms with E-state index in [-0.39, 0.29) is 17.6 Å². The number of rotatable bonds is 8. The maximum absolute atomic E-state index is 12.9. The van der Waals surface area contributed by atoms with Gasteiger partial charge in [0.1, 0.15) is 10.6 Å². The Morgan fingerprint density at radius 2 is 1.76 bits per heavy atom. The first-order valence-corrected chi connectivity index (χ1v) is 12.3. The molecule has 10 heteroatoms. The molecule has 0 aliphatic rings. The molecular weight excluding hydrogens is 475 g/mol. The van der Waals surface area contributed by atoms with Crippen molar-refractivity contribution in [3.63, 3.8) is 0 Å². The Balaban J connectivity index is 1.74. The number of carbonyl (C=O) groups excluding carboxylic acids is 1. The van der Waals surface area contributed by atoms with Crippen LogP contribution in [0.15, 0.2) is 70.9 Å². The molecule has 176 valence electrons. The number of amides is 1. The summed E-state index contributed by atoms with van der Waals surface area (Å²) in [7, 11) is -4.45. The molecule has 0 N–H and O–H groups in total. The first-order valence-electron chi connectivity index (χ1n) is 9.99. The monoisotopic (exact) mass is 497 g/mol. The van der Waals surface area contributed by atoms with E-state index in [0.29, 0.717) is 24.0 Å². The highest BCUT2D eigenvalue weighted by molar-refractivity contribution is 7.87. The van der Waals surface area contributed by atoms with Gasteiger partial charge in [0.05, 0.1) is 10.4 Å². The maximum Gasteiger partial charge on any atom is 0.416 e. The molecule has 0 saturated carbocycles. The molecule has 0 aliphatic carbocycles. The number of benzene rings is 2. The minimum Gasteiger partial charge on any atom is -0.379 e. The van der Waals surface area contributed by atoms with Crippen LogP contribution in [0.5, 0.6) is 5.75 Å². The predicted octanol–water partition coefficient (Wildman–Crippen LogP) is 5.83. The second-order valence-electron chi connectivity index (χ2n) is 7.76. The zero-order chi connectivity index (χ0) is 24.2. The molecule has 1 amide bonds. The molecule has 0 unspecified atom stereocenters. The summed E-state index contributed by atoms with van der Waals surface area (Å²) >= 11 is 1.36. The molecule has 0 fully saturated rings. The molecule has 0 aliphatic heterocycles. The summed E-state index contributed by atoms with van der Waals surface area (Å²) in [5.74, 6) is 0.108. The number of alkyl halides is 3. The molecule has 0 radical (unpaired) electrons. The zero-order valence-electron chi connectivity index (χ0n) is 17.9. The third-order valence-electron chi connectivity index (χ3n) is 4.56. The molecule has 0 saturated heterocycles. The van der Waals surface area contributed by atoms with Gasteiger partial charge in [0.15, 0.2) is 0 Å². The first kappa shape index (κ1) is 24.8. The lowest BCUT2D eigenvalue weighted by Crippen LogP contribution is -2.33. The molecule has 33 heavy (non-hydrogen) atoms. The van der Waals surface area contributed by atoms with Gasteiger partial charge >= 0.3 is 16.3 Å². The second-order valence-corrected chi connectivity index (χ2v) is 10.3. The number of hydrogen-bond acceptors (Lipinski definition) is 5. The Morgan fingerprint density at radius 1 is 1.06 bits per heavy atom. The lowest BCUT2D eigenvalue weighted by molar-refractivity contribution is -0.137. The van der Waals surface area contributed by atoms with Crippen molar-refractivity contribution in [2.45, 2.75) is 31.5 Å². The van der Waals surface area contributed by atoms with Crippen molar-refractivity contribution in [1.29, 1.82) is 0 Å². The van der Waals surface area contributed by atoms with Gasteiger partial charge in [0.25, 0.3) is 5.91 Å². The van der Waals surface area contributed by atoms with Gasteiger partial charge in [-0.25, -0.2) is 0 Å². The molecule has 3 aromatic rings. The van der Waals surface area contributed by atoms with Crippen LogP contribution in [0.2, 0.25) is 0 Å². The summed E-state index contributed by atoms with van der Waals surface area (Å²) in [4.78, 5) is 14.6. The third-order valence-corrected chi connectivity index (χ3v) is 6.66. The van der Waals surface area contributed by atoms with E-state index in [4.69, 9.17) is 4.18 Å². The summed E-state index contributed by atoms with van der Waals surface area (Å²) in [6.45, 7) is 4.86. The number of hydrogen-bond donors (Lipinski definition) is 0. The lowest BCUT2D eigenvalue weighted by Gasteiger charge is -2.24. The van der Waals surface area contributed by atoms with E-state index in [1.807, 2.05) is 25.3 Å². The van der Waals surface area contributed by atoms with Gasteiger partial charge in [-0.3, -0.25) is 4.79 Å². The van der Waals surface area contributed by atoms with Crippen LogP contribution in [0.1, 0.15) is 34.6 Å². The van der Waals surface area contributed by atoms with E-state index in [1.54, 1.807) is 23.1 Å². The third kappa shape index (κ3) is 6.58. The maximum atomic E-state index is 12.9. The second kappa shape index (κ2) is 9.96. The van der Waals surface area contributed by atoms with Crippen LogP contribution in [-0.2, 0) is 22.8 Å². The van der Waals surface area contributed by atoms with E-state index in [1.165, 1.54) is 23.5 Å². The fraction of sp³-hybridized carbons (Fsp3) is 0.261. The Labute approximate surface area is 194 Å². The molecule has 0 spiro atoms. The van der Waals surface area contributed by atoms with Crippen molar-refractivity contribution in [2.24, 2.45) is 5.92 Å². The standard InChI is InChI=1S/C23H22F3NO4S2/c1-16(2)14-27(22(28)21-7-4-12-32-21)15-17-8-10-19(11-9-17)31-33(29,30)20-6-3-5-18(13-20)23(24,25)26/h3-13,16H,14-15H2,1-2H3. The van der Waals surface area contributed by atoms with Crippen LogP contribution in [0.25, 0.3) is 0 Å². The Kier molecular flexibility index (Phi) is 7.48. The molecule has 1 heterocycles. The van der Waals surface area contributed by atoms with Gasteiger partial charge in [0.2, 0.25) is 0 Å². The van der Waals surface area contributed by atoms with Crippen LogP contribution in [-0.4, -0.2) is 25.8 Å². The topological polar surface area (TPSA) is 63.7 Å². The number of carbonyl (C=O) groups is 1. The smallest absolute Gasteiger partial charge is 0.379 e. The lowest BCUT2D eigenvalue weighted by atomic mass is 10.1. The van der Waals surface area contributed by atoms with Crippen molar-refractivity contribution < 1.29 is 30.6 Å².